The molecule has 0 saturated carbocycles. The topological polar surface area (TPSA) is 66.3 Å². The van der Waals surface area contributed by atoms with Crippen molar-refractivity contribution in [3.63, 3.8) is 0 Å². The molecule has 1 aromatic carbocycles. The number of hydrogen-bond donors (Lipinski definition) is 1. The Hall–Kier alpha value is -2.02. The minimum atomic E-state index is 0.193. The lowest BCUT2D eigenvalue weighted by molar-refractivity contribution is -0.130. The first-order valence-electron chi connectivity index (χ1n) is 8.34. The molecule has 4 rings (SSSR count). The van der Waals surface area contributed by atoms with Gasteiger partial charge in [-0.2, -0.15) is 0 Å². The Bertz CT molecular complexity index is 876. The highest BCUT2D eigenvalue weighted by molar-refractivity contribution is 7.99. The second-order valence-corrected chi connectivity index (χ2v) is 7.74. The van der Waals surface area contributed by atoms with Gasteiger partial charge in [0.2, 0.25) is 11.7 Å². The van der Waals surface area contributed by atoms with Crippen molar-refractivity contribution >= 4 is 34.5 Å². The number of nitrogens with one attached hydrogen (secondary N) is 1. The van der Waals surface area contributed by atoms with Gasteiger partial charge in [0.25, 0.3) is 0 Å². The minimum absolute atomic E-state index is 0.193. The summed E-state index contributed by atoms with van der Waals surface area (Å²) in [6, 6.07) is 7.95. The van der Waals surface area contributed by atoms with E-state index in [1.165, 1.54) is 18.2 Å². The largest absolute Gasteiger partial charge is 0.341 e. The number of amides is 1. The van der Waals surface area contributed by atoms with Crippen LogP contribution in [0.1, 0.15) is 20.3 Å². The molecule has 1 aliphatic rings. The monoisotopic (exact) mass is 343 g/mol. The zero-order chi connectivity index (χ0) is 16.7. The Kier molecular flexibility index (Phi) is 3.96. The van der Waals surface area contributed by atoms with Gasteiger partial charge >= 0.3 is 0 Å². The van der Waals surface area contributed by atoms with Crippen LogP contribution in [-0.4, -0.2) is 49.2 Å². The summed E-state index contributed by atoms with van der Waals surface area (Å²) < 4.78 is 1.98. The van der Waals surface area contributed by atoms with Crippen LogP contribution in [0.4, 0.5) is 0 Å². The molecule has 1 fully saturated rings. The Balaban J connectivity index is 1.51. The zero-order valence-electron chi connectivity index (χ0n) is 13.9. The third kappa shape index (κ3) is 2.77. The molecule has 2 aromatic heterocycles. The van der Waals surface area contributed by atoms with Crippen LogP contribution in [0.3, 0.4) is 0 Å². The number of likely N-dealkylation sites (tertiary alicyclic amines) is 1. The Morgan fingerprint density at radius 1 is 1.29 bits per heavy atom. The molecule has 2 atom stereocenters. The summed E-state index contributed by atoms with van der Waals surface area (Å²) in [5.74, 6) is 2.48. The van der Waals surface area contributed by atoms with Crippen LogP contribution in [0.25, 0.3) is 16.8 Å². The average molecular weight is 343 g/mol. The van der Waals surface area contributed by atoms with E-state index in [1.54, 1.807) is 0 Å². The summed E-state index contributed by atoms with van der Waals surface area (Å²) in [7, 11) is 0. The summed E-state index contributed by atoms with van der Waals surface area (Å²) in [6.07, 6.45) is 1.21. The van der Waals surface area contributed by atoms with Gasteiger partial charge in [0.1, 0.15) is 0 Å². The maximum atomic E-state index is 12.6. The van der Waals surface area contributed by atoms with Crippen LogP contribution in [-0.2, 0) is 4.79 Å². The lowest BCUT2D eigenvalue weighted by Gasteiger charge is -2.34. The van der Waals surface area contributed by atoms with E-state index in [0.29, 0.717) is 23.4 Å². The van der Waals surface area contributed by atoms with E-state index in [-0.39, 0.29) is 5.91 Å². The van der Waals surface area contributed by atoms with Crippen LogP contribution < -0.4 is 0 Å². The normalized spacial score (nSPS) is 21.7. The number of carbonyl (C=O) groups excluding carboxylic acids is 1. The predicted molar refractivity (Wildman–Crippen MR) is 95.1 cm³/mol. The van der Waals surface area contributed by atoms with Gasteiger partial charge in [-0.25, -0.2) is 10.1 Å². The second-order valence-electron chi connectivity index (χ2n) is 6.80. The fraction of sp³-hybridized carbons (Fsp3) is 0.471. The quantitative estimate of drug-likeness (QED) is 0.743. The summed E-state index contributed by atoms with van der Waals surface area (Å²) in [6.45, 7) is 6.18. The molecule has 2 unspecified atom stereocenters. The fourth-order valence-corrected chi connectivity index (χ4v) is 4.48. The number of fused-ring (bicyclic) bond motifs is 3. The average Bonchev–Trinajstić information content (AvgIpc) is 3.10. The molecule has 1 aliphatic heterocycles. The van der Waals surface area contributed by atoms with Crippen molar-refractivity contribution < 1.29 is 4.79 Å². The molecule has 3 heterocycles. The zero-order valence-corrected chi connectivity index (χ0v) is 14.7. The number of aromatic nitrogens is 4. The highest BCUT2D eigenvalue weighted by Crippen LogP contribution is 2.25. The Morgan fingerprint density at radius 2 is 2.04 bits per heavy atom. The summed E-state index contributed by atoms with van der Waals surface area (Å²) in [5, 5.41) is 8.05. The van der Waals surface area contributed by atoms with Crippen LogP contribution in [0.2, 0.25) is 0 Å². The number of nitrogens with zero attached hydrogens (tertiary/aromatic N) is 4. The van der Waals surface area contributed by atoms with E-state index >= 15 is 0 Å². The molecule has 24 heavy (non-hydrogen) atoms. The first kappa shape index (κ1) is 15.5. The summed E-state index contributed by atoms with van der Waals surface area (Å²) in [5.41, 5.74) is 1.94. The van der Waals surface area contributed by atoms with Crippen molar-refractivity contribution in [2.45, 2.75) is 25.4 Å². The second kappa shape index (κ2) is 6.12. The van der Waals surface area contributed by atoms with Crippen LogP contribution in [0, 0.1) is 11.8 Å². The van der Waals surface area contributed by atoms with Gasteiger partial charge in [0.05, 0.1) is 16.8 Å². The van der Waals surface area contributed by atoms with Gasteiger partial charge in [-0.05, 0) is 30.4 Å². The number of hydrogen-bond acceptors (Lipinski definition) is 4. The van der Waals surface area contributed by atoms with Gasteiger partial charge in [0.15, 0.2) is 5.16 Å². The van der Waals surface area contributed by atoms with Crippen molar-refractivity contribution in [1.29, 1.82) is 0 Å². The lowest BCUT2D eigenvalue weighted by Crippen LogP contribution is -2.43. The molecule has 0 radical (unpaired) electrons. The van der Waals surface area contributed by atoms with E-state index in [9.17, 15) is 4.79 Å². The number of para-hydroxylation sites is 2. The number of piperidine rings is 1. The number of thioether (sulfide) groups is 1. The third-order valence-electron chi connectivity index (χ3n) is 4.55. The van der Waals surface area contributed by atoms with Crippen molar-refractivity contribution in [3.05, 3.63) is 24.3 Å². The van der Waals surface area contributed by atoms with Crippen molar-refractivity contribution in [2.24, 2.45) is 11.8 Å². The van der Waals surface area contributed by atoms with Gasteiger partial charge in [-0.1, -0.05) is 37.7 Å². The molecular formula is C17H21N5OS. The summed E-state index contributed by atoms with van der Waals surface area (Å²) in [4.78, 5) is 19.1. The number of rotatable bonds is 3. The minimum Gasteiger partial charge on any atom is -0.341 e. The van der Waals surface area contributed by atoms with Crippen LogP contribution >= 0.6 is 11.8 Å². The molecule has 1 N–H and O–H groups in total. The lowest BCUT2D eigenvalue weighted by atomic mass is 9.92. The summed E-state index contributed by atoms with van der Waals surface area (Å²) >= 11 is 1.47. The van der Waals surface area contributed by atoms with Crippen LogP contribution in [0.15, 0.2) is 29.4 Å². The maximum Gasteiger partial charge on any atom is 0.233 e. The van der Waals surface area contributed by atoms with Gasteiger partial charge in [-0.15, -0.1) is 5.10 Å². The molecule has 7 heteroatoms. The first-order chi connectivity index (χ1) is 11.6. The van der Waals surface area contributed by atoms with E-state index in [0.717, 1.165) is 29.3 Å². The molecule has 0 bridgehead atoms. The van der Waals surface area contributed by atoms with Crippen molar-refractivity contribution in [3.8, 4) is 0 Å². The third-order valence-corrected chi connectivity index (χ3v) is 5.47. The molecule has 0 aliphatic carbocycles. The number of imidazole rings is 1. The Labute approximate surface area is 144 Å². The number of benzene rings is 1. The molecular weight excluding hydrogens is 322 g/mol. The molecule has 3 aromatic rings. The standard InChI is InChI=1S/C17H21N5OS/c1-11-7-12(2)9-21(8-11)15(23)10-24-17-20-19-16-18-13-5-3-4-6-14(13)22(16)17/h3-6,11-12H,7-10H2,1-2H3,(H,18,19). The van der Waals surface area contributed by atoms with E-state index in [1.807, 2.05) is 33.6 Å². The predicted octanol–water partition coefficient (Wildman–Crippen LogP) is 2.81. The van der Waals surface area contributed by atoms with Gasteiger partial charge in [0, 0.05) is 13.1 Å². The molecule has 0 spiro atoms. The number of H-pyrrole nitrogens is 1. The first-order valence-corrected chi connectivity index (χ1v) is 9.32. The van der Waals surface area contributed by atoms with Crippen LogP contribution in [0.5, 0.6) is 0 Å². The van der Waals surface area contributed by atoms with E-state index in [2.05, 4.69) is 29.0 Å². The van der Waals surface area contributed by atoms with Crippen molar-refractivity contribution in [2.75, 3.05) is 18.8 Å². The molecule has 6 nitrogen and oxygen atoms in total. The highest BCUT2D eigenvalue weighted by atomic mass is 32.2. The molecule has 1 saturated heterocycles. The number of aromatic amines is 1. The smallest absolute Gasteiger partial charge is 0.233 e. The molecule has 126 valence electrons. The van der Waals surface area contributed by atoms with E-state index in [4.69, 9.17) is 0 Å². The van der Waals surface area contributed by atoms with Crippen molar-refractivity contribution in [1.82, 2.24) is 24.5 Å². The molecule has 1 amide bonds. The maximum absolute atomic E-state index is 12.6. The fourth-order valence-electron chi connectivity index (χ4n) is 3.62. The van der Waals surface area contributed by atoms with Gasteiger partial charge < -0.3 is 4.90 Å². The number of carbonyl (C=O) groups is 1. The van der Waals surface area contributed by atoms with Gasteiger partial charge in [-0.3, -0.25) is 9.20 Å². The highest BCUT2D eigenvalue weighted by Gasteiger charge is 2.25. The SMILES string of the molecule is CC1CC(C)CN(C(=O)CSc2n[nH]c3nc4ccccc4n23)C1. The Morgan fingerprint density at radius 3 is 2.83 bits per heavy atom. The van der Waals surface area contributed by atoms with E-state index < -0.39 is 0 Å².